The molecule has 1 unspecified atom stereocenters. The van der Waals surface area contributed by atoms with Crippen molar-refractivity contribution in [2.24, 2.45) is 0 Å². The molecule has 0 saturated carbocycles. The summed E-state index contributed by atoms with van der Waals surface area (Å²) < 4.78 is 0. The third kappa shape index (κ3) is 3.51. The van der Waals surface area contributed by atoms with E-state index in [1.54, 1.807) is 0 Å². The number of benzene rings is 5. The maximum Gasteiger partial charge on any atom is 0.0418 e. The molecular formula is C39H34. The standard InChI is InChI=1S/C39H34/c1-25-15-18-32-29(21-25)24-28(4)37(32)39(30-11-7-5-8-12-30,31-13-9-6-10-14-31)38-35-22-26(2)16-19-33(35)34-20-17-27(3)23-36(34)38/h5-24,37-38H,1-4H3. The minimum Gasteiger partial charge on any atom is -0.0639 e. The molecule has 0 fully saturated rings. The molecule has 0 saturated heterocycles. The van der Waals surface area contributed by atoms with Crippen molar-refractivity contribution in [3.63, 3.8) is 0 Å². The minimum absolute atomic E-state index is 0.160. The van der Waals surface area contributed by atoms with Gasteiger partial charge in [0.05, 0.1) is 0 Å². The maximum atomic E-state index is 2.46. The summed E-state index contributed by atoms with van der Waals surface area (Å²) in [6.07, 6.45) is 2.44. The Morgan fingerprint density at radius 1 is 0.462 bits per heavy atom. The number of hydrogen-bond acceptors (Lipinski definition) is 0. The summed E-state index contributed by atoms with van der Waals surface area (Å²) >= 11 is 0. The highest BCUT2D eigenvalue weighted by Crippen LogP contribution is 2.64. The van der Waals surface area contributed by atoms with Crippen molar-refractivity contribution in [2.75, 3.05) is 0 Å². The normalized spacial score (nSPS) is 16.0. The number of aryl methyl sites for hydroxylation is 3. The zero-order valence-corrected chi connectivity index (χ0v) is 23.2. The summed E-state index contributed by atoms with van der Waals surface area (Å²) in [6.45, 7) is 9.02. The van der Waals surface area contributed by atoms with Gasteiger partial charge in [0, 0.05) is 17.3 Å². The lowest BCUT2D eigenvalue weighted by Crippen LogP contribution is -2.41. The van der Waals surface area contributed by atoms with Gasteiger partial charge in [-0.05, 0) is 72.2 Å². The van der Waals surface area contributed by atoms with Crippen LogP contribution in [0.4, 0.5) is 0 Å². The summed E-state index contributed by atoms with van der Waals surface area (Å²) in [4.78, 5) is 0. The molecule has 0 spiro atoms. The van der Waals surface area contributed by atoms with Gasteiger partial charge in [0.1, 0.15) is 0 Å². The molecule has 7 rings (SSSR count). The zero-order valence-electron chi connectivity index (χ0n) is 23.2. The van der Waals surface area contributed by atoms with Crippen LogP contribution in [-0.4, -0.2) is 0 Å². The van der Waals surface area contributed by atoms with Gasteiger partial charge in [-0.2, -0.15) is 0 Å². The molecule has 0 amide bonds. The Kier molecular flexibility index (Phi) is 5.49. The van der Waals surface area contributed by atoms with Crippen LogP contribution in [-0.2, 0) is 5.41 Å². The van der Waals surface area contributed by atoms with E-state index >= 15 is 0 Å². The summed E-state index contributed by atoms with van der Waals surface area (Å²) in [5.41, 5.74) is 16.2. The van der Waals surface area contributed by atoms with E-state index in [-0.39, 0.29) is 17.3 Å². The fourth-order valence-electron chi connectivity index (χ4n) is 7.68. The molecule has 2 aliphatic rings. The number of fused-ring (bicyclic) bond motifs is 4. The van der Waals surface area contributed by atoms with Gasteiger partial charge in [-0.15, -0.1) is 0 Å². The van der Waals surface area contributed by atoms with Crippen molar-refractivity contribution in [1.29, 1.82) is 0 Å². The van der Waals surface area contributed by atoms with Crippen LogP contribution in [0.3, 0.4) is 0 Å². The van der Waals surface area contributed by atoms with E-state index in [1.807, 2.05) is 0 Å². The van der Waals surface area contributed by atoms with Gasteiger partial charge in [-0.3, -0.25) is 0 Å². The van der Waals surface area contributed by atoms with Crippen LogP contribution < -0.4 is 0 Å². The van der Waals surface area contributed by atoms with Crippen molar-refractivity contribution in [3.05, 3.63) is 171 Å². The average molecular weight is 503 g/mol. The molecule has 0 N–H and O–H groups in total. The number of hydrogen-bond donors (Lipinski definition) is 0. The Bertz CT molecular complexity index is 1650. The van der Waals surface area contributed by atoms with Gasteiger partial charge in [-0.25, -0.2) is 0 Å². The molecule has 5 aromatic rings. The Labute approximate surface area is 232 Å². The fourth-order valence-corrected chi connectivity index (χ4v) is 7.68. The highest BCUT2D eigenvalue weighted by molar-refractivity contribution is 5.83. The Balaban J connectivity index is 1.66. The van der Waals surface area contributed by atoms with Gasteiger partial charge in [-0.1, -0.05) is 144 Å². The van der Waals surface area contributed by atoms with Crippen LogP contribution in [0.2, 0.25) is 0 Å². The second kappa shape index (κ2) is 8.95. The van der Waals surface area contributed by atoms with Crippen LogP contribution in [0.1, 0.15) is 68.8 Å². The first-order valence-corrected chi connectivity index (χ1v) is 14.1. The second-order valence-electron chi connectivity index (χ2n) is 11.7. The third-order valence-corrected chi connectivity index (χ3v) is 9.13. The van der Waals surface area contributed by atoms with Crippen LogP contribution in [0.15, 0.2) is 121 Å². The first-order valence-electron chi connectivity index (χ1n) is 14.1. The van der Waals surface area contributed by atoms with E-state index in [9.17, 15) is 0 Å². The molecule has 1 atom stereocenters. The molecule has 0 radical (unpaired) electrons. The summed E-state index contributed by atoms with van der Waals surface area (Å²) in [5, 5.41) is 0. The summed E-state index contributed by atoms with van der Waals surface area (Å²) in [6, 6.07) is 43.9. The molecule has 0 nitrogen and oxygen atoms in total. The number of allylic oxidation sites excluding steroid dienone is 1. The second-order valence-corrected chi connectivity index (χ2v) is 11.7. The molecule has 0 aliphatic heterocycles. The van der Waals surface area contributed by atoms with E-state index in [1.165, 1.54) is 66.8 Å². The van der Waals surface area contributed by atoms with Gasteiger partial charge >= 0.3 is 0 Å². The van der Waals surface area contributed by atoms with Crippen LogP contribution in [0, 0.1) is 20.8 Å². The molecule has 0 aromatic heterocycles. The van der Waals surface area contributed by atoms with Crippen LogP contribution in [0.5, 0.6) is 0 Å². The predicted molar refractivity (Wildman–Crippen MR) is 164 cm³/mol. The molecule has 0 bridgehead atoms. The molecule has 190 valence electrons. The molecule has 0 heteroatoms. The van der Waals surface area contributed by atoms with Crippen LogP contribution in [0.25, 0.3) is 17.2 Å². The van der Waals surface area contributed by atoms with Gasteiger partial charge in [0.25, 0.3) is 0 Å². The molecule has 39 heavy (non-hydrogen) atoms. The molecular weight excluding hydrogens is 468 g/mol. The third-order valence-electron chi connectivity index (χ3n) is 9.13. The Morgan fingerprint density at radius 2 is 0.949 bits per heavy atom. The first kappa shape index (κ1) is 23.9. The lowest BCUT2D eigenvalue weighted by atomic mass is 9.54. The summed E-state index contributed by atoms with van der Waals surface area (Å²) in [7, 11) is 0. The van der Waals surface area contributed by atoms with E-state index in [0.29, 0.717) is 0 Å². The highest BCUT2D eigenvalue weighted by atomic mass is 14.6. The van der Waals surface area contributed by atoms with Crippen molar-refractivity contribution in [1.82, 2.24) is 0 Å². The van der Waals surface area contributed by atoms with Crippen molar-refractivity contribution < 1.29 is 0 Å². The monoisotopic (exact) mass is 502 g/mol. The minimum atomic E-state index is -0.342. The Morgan fingerprint density at radius 3 is 1.49 bits per heavy atom. The fraction of sp³-hybridized carbons (Fsp3) is 0.179. The van der Waals surface area contributed by atoms with Gasteiger partial charge < -0.3 is 0 Å². The Hall–Kier alpha value is -4.16. The number of rotatable bonds is 4. The van der Waals surface area contributed by atoms with Crippen molar-refractivity contribution in [2.45, 2.75) is 44.9 Å². The van der Waals surface area contributed by atoms with Crippen LogP contribution >= 0.6 is 0 Å². The smallest absolute Gasteiger partial charge is 0.0418 e. The van der Waals surface area contributed by atoms with Gasteiger partial charge in [0.2, 0.25) is 0 Å². The molecule has 5 aromatic carbocycles. The summed E-state index contributed by atoms with van der Waals surface area (Å²) in [5.74, 6) is 0.357. The predicted octanol–water partition coefficient (Wildman–Crippen LogP) is 9.91. The topological polar surface area (TPSA) is 0 Å². The van der Waals surface area contributed by atoms with Gasteiger partial charge in [0.15, 0.2) is 0 Å². The molecule has 2 aliphatic carbocycles. The average Bonchev–Trinajstić information content (AvgIpc) is 3.44. The first-order chi connectivity index (χ1) is 19.0. The maximum absolute atomic E-state index is 2.46. The molecule has 0 heterocycles. The van der Waals surface area contributed by atoms with Crippen molar-refractivity contribution >= 4 is 6.08 Å². The van der Waals surface area contributed by atoms with E-state index in [4.69, 9.17) is 0 Å². The highest BCUT2D eigenvalue weighted by Gasteiger charge is 2.54. The van der Waals surface area contributed by atoms with E-state index in [0.717, 1.165) is 0 Å². The lowest BCUT2D eigenvalue weighted by molar-refractivity contribution is 0.405. The lowest BCUT2D eigenvalue weighted by Gasteiger charge is -2.47. The SMILES string of the molecule is CC1=Cc2cc(C)ccc2C1C(c1ccccc1)(c1ccccc1)C1c2cc(C)ccc2-c2ccc(C)cc21. The largest absolute Gasteiger partial charge is 0.0639 e. The quantitative estimate of drug-likeness (QED) is 0.229. The van der Waals surface area contributed by atoms with E-state index < -0.39 is 0 Å². The zero-order chi connectivity index (χ0) is 26.7. The van der Waals surface area contributed by atoms with Crippen molar-refractivity contribution in [3.8, 4) is 11.1 Å². The van der Waals surface area contributed by atoms with E-state index in [2.05, 4.69) is 149 Å².